The first-order chi connectivity index (χ1) is 14.9. The second-order valence-corrected chi connectivity index (χ2v) is 10.6. The van der Waals surface area contributed by atoms with E-state index in [0.717, 1.165) is 76.5 Å². The molecule has 1 aromatic rings. The summed E-state index contributed by atoms with van der Waals surface area (Å²) in [6, 6.07) is 4.36. The Hall–Kier alpha value is -1.86. The summed E-state index contributed by atoms with van der Waals surface area (Å²) in [7, 11) is 0. The van der Waals surface area contributed by atoms with E-state index in [1.54, 1.807) is 0 Å². The summed E-state index contributed by atoms with van der Waals surface area (Å²) in [5.41, 5.74) is 2.61. The number of nitrogens with one attached hydrogen (secondary N) is 1. The first-order valence-electron chi connectivity index (χ1n) is 12.0. The standard InChI is InChI=1S/C24H36N4O3/c1-17(2)25-23(30)27-12-18-11-20(15-27)21-4-3-19(22(29)28(21)13-18)14-26-8-5-24(16-26)6-9-31-10-7-24/h3-4,17-18,20H,5-16H2,1-2H3,(H,25,30)/t18-,20+/m0/s1. The van der Waals surface area contributed by atoms with Gasteiger partial charge in [-0.05, 0) is 63.5 Å². The Morgan fingerprint density at radius 1 is 1.19 bits per heavy atom. The third-order valence-electron chi connectivity index (χ3n) is 7.85. The number of hydrogen-bond acceptors (Lipinski definition) is 4. The van der Waals surface area contributed by atoms with E-state index < -0.39 is 0 Å². The number of piperidine rings is 1. The molecule has 5 rings (SSSR count). The monoisotopic (exact) mass is 428 g/mol. The van der Waals surface area contributed by atoms with Crippen LogP contribution in [0.2, 0.25) is 0 Å². The number of ether oxygens (including phenoxy) is 1. The first kappa shape index (κ1) is 21.0. The predicted octanol–water partition coefficient (Wildman–Crippen LogP) is 2.39. The maximum atomic E-state index is 13.4. The summed E-state index contributed by atoms with van der Waals surface area (Å²) in [5, 5.41) is 3.02. The zero-order valence-corrected chi connectivity index (χ0v) is 18.9. The minimum Gasteiger partial charge on any atom is -0.381 e. The zero-order chi connectivity index (χ0) is 21.6. The van der Waals surface area contributed by atoms with Gasteiger partial charge in [-0.3, -0.25) is 9.69 Å². The number of carbonyl (C=O) groups is 1. The predicted molar refractivity (Wildman–Crippen MR) is 119 cm³/mol. The Morgan fingerprint density at radius 2 is 2.00 bits per heavy atom. The Labute approximate surface area is 184 Å². The molecule has 3 fully saturated rings. The molecule has 2 bridgehead atoms. The molecule has 3 saturated heterocycles. The van der Waals surface area contributed by atoms with E-state index in [1.165, 1.54) is 6.42 Å². The van der Waals surface area contributed by atoms with Gasteiger partial charge in [0.2, 0.25) is 0 Å². The van der Waals surface area contributed by atoms with E-state index in [-0.39, 0.29) is 23.6 Å². The van der Waals surface area contributed by atoms with Gasteiger partial charge in [-0.2, -0.15) is 0 Å². The molecular weight excluding hydrogens is 392 g/mol. The average molecular weight is 429 g/mol. The Bertz CT molecular complexity index is 889. The van der Waals surface area contributed by atoms with Gasteiger partial charge < -0.3 is 19.5 Å². The van der Waals surface area contributed by atoms with Crippen molar-refractivity contribution in [2.24, 2.45) is 11.3 Å². The minimum absolute atomic E-state index is 0.0215. The van der Waals surface area contributed by atoms with Crippen LogP contribution in [-0.4, -0.2) is 65.8 Å². The number of carbonyl (C=O) groups excluding carboxylic acids is 1. The molecule has 4 aliphatic heterocycles. The molecule has 5 heterocycles. The summed E-state index contributed by atoms with van der Waals surface area (Å²) in [6.07, 6.45) is 4.59. The van der Waals surface area contributed by atoms with Gasteiger partial charge in [0.25, 0.3) is 5.56 Å². The van der Waals surface area contributed by atoms with Crippen LogP contribution in [-0.2, 0) is 17.8 Å². The van der Waals surface area contributed by atoms with Crippen molar-refractivity contribution in [1.82, 2.24) is 19.7 Å². The molecule has 0 saturated carbocycles. The van der Waals surface area contributed by atoms with E-state index in [4.69, 9.17) is 4.74 Å². The number of pyridine rings is 1. The summed E-state index contributed by atoms with van der Waals surface area (Å²) >= 11 is 0. The number of amides is 2. The van der Waals surface area contributed by atoms with Gasteiger partial charge in [-0.15, -0.1) is 0 Å². The SMILES string of the molecule is CC(C)NC(=O)N1C[C@@H]2C[C@H](C1)c1ccc(CN3CCC4(CCOCC4)C3)c(=O)n1C2. The summed E-state index contributed by atoms with van der Waals surface area (Å²) in [5.74, 6) is 0.610. The van der Waals surface area contributed by atoms with Crippen molar-refractivity contribution in [3.63, 3.8) is 0 Å². The number of aromatic nitrogens is 1. The molecule has 2 amide bonds. The fraction of sp³-hybridized carbons (Fsp3) is 0.750. The molecule has 1 N–H and O–H groups in total. The summed E-state index contributed by atoms with van der Waals surface area (Å²) < 4.78 is 7.59. The zero-order valence-electron chi connectivity index (χ0n) is 18.9. The van der Waals surface area contributed by atoms with Crippen molar-refractivity contribution < 1.29 is 9.53 Å². The molecule has 170 valence electrons. The Morgan fingerprint density at radius 3 is 2.77 bits per heavy atom. The van der Waals surface area contributed by atoms with Gasteiger partial charge in [-0.25, -0.2) is 4.79 Å². The van der Waals surface area contributed by atoms with Crippen LogP contribution >= 0.6 is 0 Å². The topological polar surface area (TPSA) is 66.8 Å². The maximum Gasteiger partial charge on any atom is 0.317 e. The van der Waals surface area contributed by atoms with E-state index in [1.807, 2.05) is 23.3 Å². The fourth-order valence-electron chi connectivity index (χ4n) is 6.23. The van der Waals surface area contributed by atoms with Crippen LogP contribution in [0.3, 0.4) is 0 Å². The van der Waals surface area contributed by atoms with Crippen LogP contribution in [0.15, 0.2) is 16.9 Å². The highest BCUT2D eigenvalue weighted by Crippen LogP contribution is 2.40. The van der Waals surface area contributed by atoms with Crippen molar-refractivity contribution in [3.05, 3.63) is 33.7 Å². The fourth-order valence-corrected chi connectivity index (χ4v) is 6.23. The van der Waals surface area contributed by atoms with Crippen LogP contribution in [0, 0.1) is 11.3 Å². The van der Waals surface area contributed by atoms with Gasteiger partial charge in [-0.1, -0.05) is 6.07 Å². The van der Waals surface area contributed by atoms with Crippen molar-refractivity contribution >= 4 is 6.03 Å². The second kappa shape index (κ2) is 8.24. The molecule has 1 aromatic heterocycles. The van der Waals surface area contributed by atoms with Crippen LogP contribution in [0.4, 0.5) is 4.79 Å². The van der Waals surface area contributed by atoms with E-state index in [9.17, 15) is 9.59 Å². The molecule has 0 aliphatic carbocycles. The second-order valence-electron chi connectivity index (χ2n) is 10.6. The smallest absolute Gasteiger partial charge is 0.317 e. The highest BCUT2D eigenvalue weighted by Gasteiger charge is 2.40. The van der Waals surface area contributed by atoms with Crippen LogP contribution in [0.1, 0.15) is 56.7 Å². The molecule has 7 heteroatoms. The van der Waals surface area contributed by atoms with Crippen molar-refractivity contribution in [3.8, 4) is 0 Å². The number of hydrogen-bond donors (Lipinski definition) is 1. The van der Waals surface area contributed by atoms with Crippen molar-refractivity contribution in [2.45, 2.75) is 64.6 Å². The van der Waals surface area contributed by atoms with Crippen LogP contribution < -0.4 is 10.9 Å². The van der Waals surface area contributed by atoms with Gasteiger partial charge >= 0.3 is 6.03 Å². The molecule has 7 nitrogen and oxygen atoms in total. The molecule has 0 unspecified atom stereocenters. The third kappa shape index (κ3) is 4.14. The first-order valence-corrected chi connectivity index (χ1v) is 12.0. The lowest BCUT2D eigenvalue weighted by molar-refractivity contribution is 0.0190. The van der Waals surface area contributed by atoms with E-state index in [2.05, 4.69) is 22.3 Å². The lowest BCUT2D eigenvalue weighted by Gasteiger charge is -2.43. The van der Waals surface area contributed by atoms with Crippen LogP contribution in [0.5, 0.6) is 0 Å². The van der Waals surface area contributed by atoms with Gasteiger partial charge in [0.15, 0.2) is 0 Å². The van der Waals surface area contributed by atoms with Gasteiger partial charge in [0, 0.05) is 69.2 Å². The van der Waals surface area contributed by atoms with Crippen molar-refractivity contribution in [1.29, 1.82) is 0 Å². The third-order valence-corrected chi connectivity index (χ3v) is 7.85. The highest BCUT2D eigenvalue weighted by atomic mass is 16.5. The quantitative estimate of drug-likeness (QED) is 0.803. The number of rotatable bonds is 3. The number of fused-ring (bicyclic) bond motifs is 4. The highest BCUT2D eigenvalue weighted by molar-refractivity contribution is 5.74. The molecule has 2 atom stereocenters. The van der Waals surface area contributed by atoms with Gasteiger partial charge in [0.05, 0.1) is 0 Å². The molecule has 1 spiro atoms. The number of nitrogens with zero attached hydrogens (tertiary/aromatic N) is 3. The minimum atomic E-state index is 0.0215. The molecular formula is C24H36N4O3. The Balaban J connectivity index is 1.30. The van der Waals surface area contributed by atoms with E-state index >= 15 is 0 Å². The largest absolute Gasteiger partial charge is 0.381 e. The molecule has 0 radical (unpaired) electrons. The lowest BCUT2D eigenvalue weighted by atomic mass is 9.80. The van der Waals surface area contributed by atoms with Crippen LogP contribution in [0.25, 0.3) is 0 Å². The Kier molecular flexibility index (Phi) is 5.59. The molecule has 31 heavy (non-hydrogen) atoms. The molecule has 4 aliphatic rings. The number of likely N-dealkylation sites (tertiary alicyclic amines) is 2. The summed E-state index contributed by atoms with van der Waals surface area (Å²) in [6.45, 7) is 10.8. The normalized spacial score (nSPS) is 27.5. The number of urea groups is 1. The lowest BCUT2D eigenvalue weighted by Crippen LogP contribution is -2.53. The maximum absolute atomic E-state index is 13.4. The van der Waals surface area contributed by atoms with E-state index in [0.29, 0.717) is 17.9 Å². The molecule has 0 aromatic carbocycles. The average Bonchev–Trinajstić information content (AvgIpc) is 3.12. The summed E-state index contributed by atoms with van der Waals surface area (Å²) in [4.78, 5) is 30.3. The van der Waals surface area contributed by atoms with Gasteiger partial charge in [0.1, 0.15) is 0 Å². The van der Waals surface area contributed by atoms with Crippen molar-refractivity contribution in [2.75, 3.05) is 39.4 Å².